The highest BCUT2D eigenvalue weighted by Crippen LogP contribution is 2.11. The topological polar surface area (TPSA) is 81.6 Å². The summed E-state index contributed by atoms with van der Waals surface area (Å²) in [5, 5.41) is 0. The Hall–Kier alpha value is -0.650. The van der Waals surface area contributed by atoms with Crippen molar-refractivity contribution in [1.82, 2.24) is 4.90 Å². The van der Waals surface area contributed by atoms with Crippen LogP contribution in [0.15, 0.2) is 0 Å². The van der Waals surface area contributed by atoms with Crippen molar-refractivity contribution in [3.8, 4) is 0 Å². The molecule has 0 bridgehead atoms. The highest BCUT2D eigenvalue weighted by atomic mass is 16.5. The number of amides is 1. The maximum Gasteiger partial charge on any atom is 0.234 e. The number of carbonyl (C=O) groups excluding carboxylic acids is 1. The van der Waals surface area contributed by atoms with Gasteiger partial charge in [0.2, 0.25) is 5.91 Å². The van der Waals surface area contributed by atoms with Crippen LogP contribution in [-0.2, 0) is 9.53 Å². The van der Waals surface area contributed by atoms with Crippen molar-refractivity contribution in [2.75, 3.05) is 26.7 Å². The Morgan fingerprint density at radius 1 is 1.71 bits per heavy atom. The first-order valence-electron chi connectivity index (χ1n) is 4.93. The monoisotopic (exact) mass is 201 g/mol. The fraction of sp³-hybridized carbons (Fsp3) is 0.889. The van der Waals surface area contributed by atoms with Crippen LogP contribution in [0.5, 0.6) is 0 Å². The zero-order chi connectivity index (χ0) is 10.6. The molecule has 82 valence electrons. The summed E-state index contributed by atoms with van der Waals surface area (Å²) < 4.78 is 5.23. The second kappa shape index (κ2) is 5.29. The van der Waals surface area contributed by atoms with E-state index in [1.165, 1.54) is 0 Å². The predicted octanol–water partition coefficient (Wildman–Crippen LogP) is -1.09. The van der Waals surface area contributed by atoms with Crippen LogP contribution in [-0.4, -0.2) is 49.7 Å². The van der Waals surface area contributed by atoms with E-state index in [0.29, 0.717) is 12.5 Å². The van der Waals surface area contributed by atoms with Gasteiger partial charge in [-0.3, -0.25) is 4.79 Å². The Labute approximate surface area is 84.4 Å². The van der Waals surface area contributed by atoms with E-state index >= 15 is 0 Å². The zero-order valence-corrected chi connectivity index (χ0v) is 8.61. The molecule has 0 saturated carbocycles. The van der Waals surface area contributed by atoms with E-state index in [1.807, 2.05) is 0 Å². The van der Waals surface area contributed by atoms with Gasteiger partial charge in [0.15, 0.2) is 0 Å². The minimum atomic E-state index is -0.517. The van der Waals surface area contributed by atoms with E-state index in [9.17, 15) is 4.79 Å². The Morgan fingerprint density at radius 3 is 2.93 bits per heavy atom. The summed E-state index contributed by atoms with van der Waals surface area (Å²) in [6.07, 6.45) is 2.02. The van der Waals surface area contributed by atoms with E-state index in [-0.39, 0.29) is 0 Å². The lowest BCUT2D eigenvalue weighted by Gasteiger charge is -2.16. The number of ether oxygens (including phenoxy) is 1. The zero-order valence-electron chi connectivity index (χ0n) is 8.61. The van der Waals surface area contributed by atoms with E-state index in [4.69, 9.17) is 16.2 Å². The van der Waals surface area contributed by atoms with Crippen molar-refractivity contribution in [1.29, 1.82) is 0 Å². The van der Waals surface area contributed by atoms with Gasteiger partial charge in [-0.25, -0.2) is 0 Å². The molecule has 0 spiro atoms. The highest BCUT2D eigenvalue weighted by Gasteiger charge is 2.22. The van der Waals surface area contributed by atoms with Crippen molar-refractivity contribution in [3.05, 3.63) is 0 Å². The van der Waals surface area contributed by atoms with Gasteiger partial charge in [-0.05, 0) is 12.8 Å². The fourth-order valence-corrected chi connectivity index (χ4v) is 1.66. The number of likely N-dealkylation sites (tertiary alicyclic amines) is 1. The number of nitrogens with zero attached hydrogens (tertiary/aromatic N) is 1. The molecular weight excluding hydrogens is 182 g/mol. The largest absolute Gasteiger partial charge is 0.380 e. The number of rotatable bonds is 5. The van der Waals surface area contributed by atoms with E-state index < -0.39 is 11.9 Å². The molecule has 1 saturated heterocycles. The van der Waals surface area contributed by atoms with Crippen molar-refractivity contribution in [3.63, 3.8) is 0 Å². The summed E-state index contributed by atoms with van der Waals surface area (Å²) >= 11 is 0. The minimum absolute atomic E-state index is 0.333. The molecule has 2 unspecified atom stereocenters. The second-order valence-corrected chi connectivity index (χ2v) is 3.74. The second-order valence-electron chi connectivity index (χ2n) is 3.74. The number of methoxy groups -OCH3 is 1. The first-order chi connectivity index (χ1) is 6.63. The Bertz CT molecular complexity index is 198. The average Bonchev–Trinajstić information content (AvgIpc) is 2.61. The SMILES string of the molecule is COC1CCN(CCC(N)C(N)=O)C1. The van der Waals surface area contributed by atoms with E-state index in [2.05, 4.69) is 4.90 Å². The molecule has 0 aromatic carbocycles. The lowest BCUT2D eigenvalue weighted by Crippen LogP contribution is -2.39. The third kappa shape index (κ3) is 3.25. The lowest BCUT2D eigenvalue weighted by molar-refractivity contribution is -0.119. The standard InChI is InChI=1S/C9H19N3O2/c1-14-7-2-4-12(6-7)5-3-8(10)9(11)13/h7-8H,2-6,10H2,1H3,(H2,11,13). The normalized spacial score (nSPS) is 25.1. The number of hydrogen-bond acceptors (Lipinski definition) is 4. The van der Waals surface area contributed by atoms with Crippen LogP contribution in [0.2, 0.25) is 0 Å². The summed E-state index contributed by atoms with van der Waals surface area (Å²) in [7, 11) is 1.73. The Kier molecular flexibility index (Phi) is 4.31. The maximum atomic E-state index is 10.7. The molecule has 4 N–H and O–H groups in total. The molecule has 14 heavy (non-hydrogen) atoms. The molecular formula is C9H19N3O2. The van der Waals surface area contributed by atoms with Gasteiger partial charge in [-0.2, -0.15) is 0 Å². The number of nitrogens with two attached hydrogens (primary N) is 2. The van der Waals surface area contributed by atoms with Crippen LogP contribution in [0.3, 0.4) is 0 Å². The van der Waals surface area contributed by atoms with Crippen molar-refractivity contribution in [2.45, 2.75) is 25.0 Å². The first-order valence-corrected chi connectivity index (χ1v) is 4.93. The maximum absolute atomic E-state index is 10.7. The summed E-state index contributed by atoms with van der Waals surface area (Å²) in [6, 6.07) is -0.517. The molecule has 1 aliphatic rings. The van der Waals surface area contributed by atoms with Gasteiger partial charge >= 0.3 is 0 Å². The number of carbonyl (C=O) groups is 1. The van der Waals surface area contributed by atoms with E-state index in [0.717, 1.165) is 26.1 Å². The van der Waals surface area contributed by atoms with Crippen LogP contribution in [0.1, 0.15) is 12.8 Å². The van der Waals surface area contributed by atoms with Crippen molar-refractivity contribution in [2.24, 2.45) is 11.5 Å². The van der Waals surface area contributed by atoms with Gasteiger partial charge in [0.25, 0.3) is 0 Å². The highest BCUT2D eigenvalue weighted by molar-refractivity contribution is 5.79. The molecule has 1 rings (SSSR count). The molecule has 0 aromatic rings. The number of primary amides is 1. The van der Waals surface area contributed by atoms with Crippen LogP contribution < -0.4 is 11.5 Å². The molecule has 1 fully saturated rings. The van der Waals surface area contributed by atoms with Gasteiger partial charge in [0, 0.05) is 26.7 Å². The van der Waals surface area contributed by atoms with Gasteiger partial charge < -0.3 is 21.1 Å². The van der Waals surface area contributed by atoms with Gasteiger partial charge in [0.05, 0.1) is 12.1 Å². The first kappa shape index (κ1) is 11.4. The van der Waals surface area contributed by atoms with Crippen LogP contribution in [0.25, 0.3) is 0 Å². The van der Waals surface area contributed by atoms with Crippen LogP contribution in [0.4, 0.5) is 0 Å². The smallest absolute Gasteiger partial charge is 0.234 e. The van der Waals surface area contributed by atoms with Gasteiger partial charge in [-0.1, -0.05) is 0 Å². The lowest BCUT2D eigenvalue weighted by atomic mass is 10.2. The number of hydrogen-bond donors (Lipinski definition) is 2. The molecule has 0 aromatic heterocycles. The van der Waals surface area contributed by atoms with Crippen LogP contribution in [0, 0.1) is 0 Å². The molecule has 2 atom stereocenters. The third-order valence-electron chi connectivity index (χ3n) is 2.68. The summed E-state index contributed by atoms with van der Waals surface area (Å²) in [6.45, 7) is 2.77. The third-order valence-corrected chi connectivity index (χ3v) is 2.68. The summed E-state index contributed by atoms with van der Waals surface area (Å²) in [5.74, 6) is -0.424. The summed E-state index contributed by atoms with van der Waals surface area (Å²) in [4.78, 5) is 12.9. The van der Waals surface area contributed by atoms with Gasteiger partial charge in [0.1, 0.15) is 0 Å². The molecule has 1 amide bonds. The minimum Gasteiger partial charge on any atom is -0.380 e. The quantitative estimate of drug-likeness (QED) is 0.592. The fourth-order valence-electron chi connectivity index (χ4n) is 1.66. The average molecular weight is 201 g/mol. The molecule has 0 radical (unpaired) electrons. The summed E-state index contributed by atoms with van der Waals surface area (Å²) in [5.41, 5.74) is 10.6. The van der Waals surface area contributed by atoms with Crippen molar-refractivity contribution >= 4 is 5.91 Å². The molecule has 5 nitrogen and oxygen atoms in total. The molecule has 0 aliphatic carbocycles. The Morgan fingerprint density at radius 2 is 2.43 bits per heavy atom. The molecule has 5 heteroatoms. The Balaban J connectivity index is 2.17. The molecule has 1 heterocycles. The van der Waals surface area contributed by atoms with Crippen molar-refractivity contribution < 1.29 is 9.53 Å². The molecule has 1 aliphatic heterocycles. The van der Waals surface area contributed by atoms with Crippen LogP contribution >= 0.6 is 0 Å². The predicted molar refractivity (Wildman–Crippen MR) is 53.6 cm³/mol. The van der Waals surface area contributed by atoms with E-state index in [1.54, 1.807) is 7.11 Å². The van der Waals surface area contributed by atoms with Gasteiger partial charge in [-0.15, -0.1) is 0 Å².